The summed E-state index contributed by atoms with van der Waals surface area (Å²) in [5.74, 6) is -2.34. The Hall–Kier alpha value is -1.71. The van der Waals surface area contributed by atoms with Gasteiger partial charge in [0.25, 0.3) is 0 Å². The topological polar surface area (TPSA) is 139 Å². The maximum atomic E-state index is 11.1. The minimum absolute atomic E-state index is 0.127. The van der Waals surface area contributed by atoms with Crippen LogP contribution in [0.1, 0.15) is 11.7 Å². The fraction of sp³-hybridized carbons (Fsp3) is 0.250. The molecule has 1 aliphatic heterocycles. The minimum Gasteiger partial charge on any atom is -0.504 e. The first kappa shape index (κ1) is 11.8. The Morgan fingerprint density at radius 3 is 2.59 bits per heavy atom. The molecule has 17 heavy (non-hydrogen) atoms. The quantitative estimate of drug-likeness (QED) is 0.503. The SMILES string of the molecule is NC[C@H](O)c1c2cc(O)c(O)c1OS(=O)(=O)O2. The lowest BCUT2D eigenvalue weighted by Crippen LogP contribution is -2.25. The molecule has 0 aliphatic carbocycles. The van der Waals surface area contributed by atoms with Crippen molar-refractivity contribution < 1.29 is 32.1 Å². The van der Waals surface area contributed by atoms with E-state index in [1.165, 1.54) is 0 Å². The van der Waals surface area contributed by atoms with Gasteiger partial charge in [0.15, 0.2) is 11.5 Å². The summed E-state index contributed by atoms with van der Waals surface area (Å²) in [6.45, 7) is -0.239. The summed E-state index contributed by atoms with van der Waals surface area (Å²) in [5, 5.41) is 28.3. The molecule has 8 nitrogen and oxygen atoms in total. The van der Waals surface area contributed by atoms with E-state index < -0.39 is 33.8 Å². The van der Waals surface area contributed by atoms with Crippen molar-refractivity contribution in [1.29, 1.82) is 0 Å². The molecule has 1 heterocycles. The number of phenolic OH excluding ortho intramolecular Hbond substituents is 2. The van der Waals surface area contributed by atoms with Gasteiger partial charge in [-0.2, -0.15) is 0 Å². The standard InChI is InChI=1S/C8H9NO7S/c9-2-4(11)6-5-1-3(10)7(12)8(6)16-17(13,14)15-5/h1,4,10-12H,2,9H2/t4-/m0/s1. The minimum atomic E-state index is -4.36. The Balaban J connectivity index is 2.71. The first-order valence-corrected chi connectivity index (χ1v) is 5.80. The van der Waals surface area contributed by atoms with Gasteiger partial charge in [0.2, 0.25) is 11.5 Å². The average molecular weight is 263 g/mol. The lowest BCUT2D eigenvalue weighted by Gasteiger charge is -2.23. The predicted molar refractivity (Wildman–Crippen MR) is 54.0 cm³/mol. The summed E-state index contributed by atoms with van der Waals surface area (Å²) in [6, 6.07) is 0.854. The molecule has 94 valence electrons. The van der Waals surface area contributed by atoms with Gasteiger partial charge < -0.3 is 29.4 Å². The van der Waals surface area contributed by atoms with E-state index in [9.17, 15) is 23.7 Å². The summed E-state index contributed by atoms with van der Waals surface area (Å²) >= 11 is 0. The van der Waals surface area contributed by atoms with Gasteiger partial charge >= 0.3 is 10.4 Å². The van der Waals surface area contributed by atoms with Crippen molar-refractivity contribution in [3.05, 3.63) is 11.6 Å². The highest BCUT2D eigenvalue weighted by Gasteiger charge is 2.35. The largest absolute Gasteiger partial charge is 0.504 e. The third-order valence-corrected chi connectivity index (χ3v) is 2.92. The number of aromatic hydroxyl groups is 2. The first-order valence-electron chi connectivity index (χ1n) is 4.46. The number of hydrogen-bond acceptors (Lipinski definition) is 8. The van der Waals surface area contributed by atoms with Gasteiger partial charge in [0, 0.05) is 12.6 Å². The highest BCUT2D eigenvalue weighted by Crippen LogP contribution is 2.49. The Morgan fingerprint density at radius 2 is 2.00 bits per heavy atom. The van der Waals surface area contributed by atoms with E-state index in [4.69, 9.17) is 5.73 Å². The molecule has 0 saturated carbocycles. The predicted octanol–water partition coefficient (Wildman–Crippen LogP) is -0.894. The molecular formula is C8H9NO7S. The van der Waals surface area contributed by atoms with Crippen LogP contribution in [-0.2, 0) is 10.4 Å². The third kappa shape index (κ3) is 1.84. The summed E-state index contributed by atoms with van der Waals surface area (Å²) in [7, 11) is -4.36. The highest BCUT2D eigenvalue weighted by molar-refractivity contribution is 7.82. The van der Waals surface area contributed by atoms with Crippen LogP contribution in [0.5, 0.6) is 23.0 Å². The number of nitrogens with two attached hydrogens (primary N) is 1. The van der Waals surface area contributed by atoms with E-state index in [0.717, 1.165) is 6.07 Å². The van der Waals surface area contributed by atoms with Crippen molar-refractivity contribution in [2.45, 2.75) is 6.10 Å². The van der Waals surface area contributed by atoms with E-state index >= 15 is 0 Å². The van der Waals surface area contributed by atoms with E-state index in [-0.39, 0.29) is 17.9 Å². The van der Waals surface area contributed by atoms with Crippen LogP contribution >= 0.6 is 0 Å². The maximum absolute atomic E-state index is 11.1. The zero-order chi connectivity index (χ0) is 12.8. The number of aliphatic hydroxyl groups is 1. The van der Waals surface area contributed by atoms with Gasteiger partial charge in [-0.15, -0.1) is 8.42 Å². The normalized spacial score (nSPS) is 18.0. The van der Waals surface area contributed by atoms with Gasteiger partial charge in [-0.1, -0.05) is 0 Å². The summed E-state index contributed by atoms with van der Waals surface area (Å²) in [4.78, 5) is 0. The lowest BCUT2D eigenvalue weighted by molar-refractivity contribution is 0.177. The van der Waals surface area contributed by atoms with Gasteiger partial charge in [0.05, 0.1) is 11.7 Å². The second-order valence-electron chi connectivity index (χ2n) is 3.31. The van der Waals surface area contributed by atoms with Gasteiger partial charge in [-0.3, -0.25) is 0 Å². The Labute approximate surface area is 96.1 Å². The first-order chi connectivity index (χ1) is 7.85. The second kappa shape index (κ2) is 3.65. The number of aliphatic hydroxyl groups excluding tert-OH is 1. The maximum Gasteiger partial charge on any atom is 0.501 e. The Kier molecular flexibility index (Phi) is 2.53. The molecule has 2 rings (SSSR count). The molecule has 2 bridgehead atoms. The van der Waals surface area contributed by atoms with E-state index in [1.807, 2.05) is 0 Å². The van der Waals surface area contributed by atoms with E-state index in [0.29, 0.717) is 0 Å². The monoisotopic (exact) mass is 263 g/mol. The molecule has 1 aromatic carbocycles. The molecule has 0 unspecified atom stereocenters. The van der Waals surface area contributed by atoms with Gasteiger partial charge in [-0.25, -0.2) is 0 Å². The summed E-state index contributed by atoms with van der Waals surface area (Å²) < 4.78 is 31.1. The lowest BCUT2D eigenvalue weighted by atomic mass is 10.1. The molecule has 0 amide bonds. The van der Waals surface area contributed by atoms with Crippen molar-refractivity contribution in [3.63, 3.8) is 0 Å². The van der Waals surface area contributed by atoms with Crippen molar-refractivity contribution in [3.8, 4) is 23.0 Å². The second-order valence-corrected chi connectivity index (χ2v) is 4.46. The number of rotatable bonds is 2. The van der Waals surface area contributed by atoms with Crippen LogP contribution in [0.4, 0.5) is 0 Å². The average Bonchev–Trinajstić information content (AvgIpc) is 2.23. The molecule has 5 N–H and O–H groups in total. The van der Waals surface area contributed by atoms with Crippen molar-refractivity contribution >= 4 is 10.4 Å². The number of phenols is 2. The number of fused-ring (bicyclic) bond motifs is 2. The Morgan fingerprint density at radius 1 is 1.35 bits per heavy atom. The van der Waals surface area contributed by atoms with Crippen molar-refractivity contribution in [2.24, 2.45) is 5.73 Å². The van der Waals surface area contributed by atoms with Gasteiger partial charge in [0.1, 0.15) is 0 Å². The molecule has 1 atom stereocenters. The van der Waals surface area contributed by atoms with Crippen LogP contribution in [0.2, 0.25) is 0 Å². The fourth-order valence-corrected chi connectivity index (χ4v) is 2.21. The molecule has 0 fully saturated rings. The van der Waals surface area contributed by atoms with E-state index in [2.05, 4.69) is 8.37 Å². The number of benzene rings is 1. The summed E-state index contributed by atoms with van der Waals surface area (Å²) in [5.41, 5.74) is 5.09. The fourth-order valence-electron chi connectivity index (χ4n) is 1.44. The van der Waals surface area contributed by atoms with Crippen molar-refractivity contribution in [2.75, 3.05) is 6.54 Å². The van der Waals surface area contributed by atoms with Crippen molar-refractivity contribution in [1.82, 2.24) is 0 Å². The van der Waals surface area contributed by atoms with Gasteiger partial charge in [-0.05, 0) is 0 Å². The van der Waals surface area contributed by atoms with Crippen LogP contribution in [0.25, 0.3) is 0 Å². The molecule has 1 aromatic rings. The van der Waals surface area contributed by atoms with Crippen LogP contribution in [0.3, 0.4) is 0 Å². The van der Waals surface area contributed by atoms with E-state index in [1.54, 1.807) is 0 Å². The third-order valence-electron chi connectivity index (χ3n) is 2.17. The molecule has 1 aliphatic rings. The zero-order valence-electron chi connectivity index (χ0n) is 8.32. The van der Waals surface area contributed by atoms with Crippen LogP contribution in [-0.4, -0.2) is 30.3 Å². The summed E-state index contributed by atoms with van der Waals surface area (Å²) in [6.07, 6.45) is -1.29. The highest BCUT2D eigenvalue weighted by atomic mass is 32.3. The molecule has 0 radical (unpaired) electrons. The molecule has 0 spiro atoms. The Bertz CT molecular complexity index is 568. The molecule has 0 aromatic heterocycles. The van der Waals surface area contributed by atoms with Crippen LogP contribution < -0.4 is 14.1 Å². The van der Waals surface area contributed by atoms with Crippen LogP contribution in [0, 0.1) is 0 Å². The molecular weight excluding hydrogens is 254 g/mol. The molecule has 0 saturated heterocycles. The smallest absolute Gasteiger partial charge is 0.501 e. The van der Waals surface area contributed by atoms with Crippen LogP contribution in [0.15, 0.2) is 6.07 Å². The molecule has 9 heteroatoms. The zero-order valence-corrected chi connectivity index (χ0v) is 9.14. The number of hydrogen-bond donors (Lipinski definition) is 4.